The summed E-state index contributed by atoms with van der Waals surface area (Å²) in [4.78, 5) is 10.8. The molecule has 0 heterocycles. The number of aliphatic hydroxyl groups excluding tert-OH is 2. The zero-order valence-corrected chi connectivity index (χ0v) is 12.9. The van der Waals surface area contributed by atoms with Crippen molar-refractivity contribution in [3.05, 3.63) is 12.2 Å². The third kappa shape index (κ3) is 9.78. The highest BCUT2D eigenvalue weighted by Crippen LogP contribution is 2.15. The molecule has 3 N–H and O–H groups in total. The van der Waals surface area contributed by atoms with Crippen LogP contribution in [0, 0.1) is 0 Å². The molecule has 0 rings (SSSR count). The molecule has 0 aliphatic heterocycles. The molecule has 0 saturated carbocycles. The molecule has 0 bridgehead atoms. The van der Waals surface area contributed by atoms with E-state index in [2.05, 4.69) is 6.92 Å². The predicted molar refractivity (Wildman–Crippen MR) is 78.2 cm³/mol. The largest absolute Gasteiger partial charge is 0.471 e. The molecule has 130 valence electrons. The van der Waals surface area contributed by atoms with Crippen molar-refractivity contribution in [2.24, 2.45) is 0 Å². The molecular weight excluding hydrogens is 299 g/mol. The van der Waals surface area contributed by atoms with Gasteiger partial charge in [0.15, 0.2) is 0 Å². The Morgan fingerprint density at radius 2 is 1.77 bits per heavy atom. The Morgan fingerprint density at radius 1 is 1.18 bits per heavy atom. The van der Waals surface area contributed by atoms with Gasteiger partial charge in [0, 0.05) is 0 Å². The Bertz CT molecular complexity index is 332. The van der Waals surface area contributed by atoms with Gasteiger partial charge < -0.3 is 15.5 Å². The zero-order chi connectivity index (χ0) is 17.0. The van der Waals surface area contributed by atoms with E-state index in [0.29, 0.717) is 6.42 Å². The van der Waals surface area contributed by atoms with Crippen molar-refractivity contribution in [3.63, 3.8) is 0 Å². The number of rotatable bonds is 11. The van der Waals surface area contributed by atoms with E-state index in [1.54, 1.807) is 11.4 Å². The molecule has 0 saturated heterocycles. The monoisotopic (exact) mass is 325 g/mol. The average molecular weight is 325 g/mol. The molecule has 0 aromatic rings. The van der Waals surface area contributed by atoms with Gasteiger partial charge in [0.2, 0.25) is 0 Å². The average Bonchev–Trinajstić information content (AvgIpc) is 2.45. The standard InChI is InChI=1S/C15H26F3NO3/c1-2-3-4-5-6-7-8-9-10-13(21)12(11-20)19-14(22)15(16,17)18/h9-10,12-13,20-21H,2-8,11H2,1H3,(H,19,22)/b10-9+/t12-,13+/m0/s1. The molecule has 0 spiro atoms. The van der Waals surface area contributed by atoms with E-state index >= 15 is 0 Å². The minimum Gasteiger partial charge on any atom is -0.394 e. The highest BCUT2D eigenvalue weighted by atomic mass is 19.4. The van der Waals surface area contributed by atoms with Crippen LogP contribution >= 0.6 is 0 Å². The molecule has 1 amide bonds. The number of nitrogens with one attached hydrogen (secondary N) is 1. The van der Waals surface area contributed by atoms with E-state index in [9.17, 15) is 23.1 Å². The van der Waals surface area contributed by atoms with Crippen LogP contribution in [0.4, 0.5) is 13.2 Å². The molecule has 0 aromatic carbocycles. The molecule has 4 nitrogen and oxygen atoms in total. The number of aliphatic hydroxyl groups is 2. The van der Waals surface area contributed by atoms with E-state index in [4.69, 9.17) is 5.11 Å². The third-order valence-corrected chi connectivity index (χ3v) is 3.24. The van der Waals surface area contributed by atoms with Crippen LogP contribution < -0.4 is 5.32 Å². The van der Waals surface area contributed by atoms with Gasteiger partial charge in [0.1, 0.15) is 0 Å². The number of carbonyl (C=O) groups excluding carboxylic acids is 1. The van der Waals surface area contributed by atoms with E-state index in [1.807, 2.05) is 0 Å². The number of hydrogen-bond acceptors (Lipinski definition) is 3. The van der Waals surface area contributed by atoms with Gasteiger partial charge in [-0.15, -0.1) is 0 Å². The predicted octanol–water partition coefficient (Wildman–Crippen LogP) is 2.69. The third-order valence-electron chi connectivity index (χ3n) is 3.24. The molecule has 2 atom stereocenters. The smallest absolute Gasteiger partial charge is 0.394 e. The molecule has 7 heteroatoms. The molecule has 0 aliphatic carbocycles. The van der Waals surface area contributed by atoms with Crippen LogP contribution in [0.5, 0.6) is 0 Å². The van der Waals surface area contributed by atoms with Crippen molar-refractivity contribution in [2.45, 2.75) is 70.2 Å². The van der Waals surface area contributed by atoms with Crippen molar-refractivity contribution in [3.8, 4) is 0 Å². The fraction of sp³-hybridized carbons (Fsp3) is 0.800. The molecular formula is C15H26F3NO3. The van der Waals surface area contributed by atoms with E-state index in [1.165, 1.54) is 25.3 Å². The van der Waals surface area contributed by atoms with Gasteiger partial charge in [0.25, 0.3) is 0 Å². The Morgan fingerprint density at radius 3 is 2.32 bits per heavy atom. The van der Waals surface area contributed by atoms with E-state index in [0.717, 1.165) is 19.3 Å². The van der Waals surface area contributed by atoms with Crippen molar-refractivity contribution in [1.82, 2.24) is 5.32 Å². The van der Waals surface area contributed by atoms with Crippen LogP contribution in [0.3, 0.4) is 0 Å². The second-order valence-electron chi connectivity index (χ2n) is 5.24. The summed E-state index contributed by atoms with van der Waals surface area (Å²) in [5.41, 5.74) is 0. The summed E-state index contributed by atoms with van der Waals surface area (Å²) in [5.74, 6) is -2.17. The Balaban J connectivity index is 4.02. The van der Waals surface area contributed by atoms with Gasteiger partial charge in [-0.2, -0.15) is 13.2 Å². The van der Waals surface area contributed by atoms with Gasteiger partial charge in [-0.25, -0.2) is 0 Å². The number of unbranched alkanes of at least 4 members (excludes halogenated alkanes) is 6. The fourth-order valence-corrected chi connectivity index (χ4v) is 1.90. The molecule has 0 radical (unpaired) electrons. The van der Waals surface area contributed by atoms with Gasteiger partial charge in [-0.3, -0.25) is 4.79 Å². The molecule has 0 fully saturated rings. The fourth-order valence-electron chi connectivity index (χ4n) is 1.90. The van der Waals surface area contributed by atoms with Crippen molar-refractivity contribution >= 4 is 5.91 Å². The summed E-state index contributed by atoms with van der Waals surface area (Å²) < 4.78 is 36.3. The van der Waals surface area contributed by atoms with Crippen LogP contribution in [0.15, 0.2) is 12.2 Å². The highest BCUT2D eigenvalue weighted by molar-refractivity contribution is 5.82. The first-order valence-corrected chi connectivity index (χ1v) is 7.66. The Kier molecular flexibility index (Phi) is 10.9. The SMILES string of the molecule is CCCCCCCC/C=C/[C@@H](O)[C@H](CO)NC(=O)C(F)(F)F. The molecule has 0 unspecified atom stereocenters. The van der Waals surface area contributed by atoms with E-state index < -0.39 is 30.8 Å². The second kappa shape index (κ2) is 11.5. The number of alkyl halides is 3. The summed E-state index contributed by atoms with van der Waals surface area (Å²) in [6.45, 7) is 1.36. The zero-order valence-electron chi connectivity index (χ0n) is 12.9. The lowest BCUT2D eigenvalue weighted by Gasteiger charge is -2.20. The van der Waals surface area contributed by atoms with Crippen LogP contribution in [0.2, 0.25) is 0 Å². The van der Waals surface area contributed by atoms with Gasteiger partial charge >= 0.3 is 12.1 Å². The number of allylic oxidation sites excluding steroid dienone is 1. The number of carbonyl (C=O) groups is 1. The summed E-state index contributed by atoms with van der Waals surface area (Å²) in [7, 11) is 0. The van der Waals surface area contributed by atoms with Crippen molar-refractivity contribution in [1.29, 1.82) is 0 Å². The summed E-state index contributed by atoms with van der Waals surface area (Å²) in [5, 5.41) is 20.2. The highest BCUT2D eigenvalue weighted by Gasteiger charge is 2.40. The molecule has 22 heavy (non-hydrogen) atoms. The summed E-state index contributed by atoms with van der Waals surface area (Å²) >= 11 is 0. The quantitative estimate of drug-likeness (QED) is 0.404. The minimum atomic E-state index is -5.03. The minimum absolute atomic E-state index is 0.703. The Labute approximate surface area is 129 Å². The van der Waals surface area contributed by atoms with Crippen LogP contribution in [0.25, 0.3) is 0 Å². The maximum absolute atomic E-state index is 12.1. The van der Waals surface area contributed by atoms with Crippen LogP contribution in [-0.2, 0) is 4.79 Å². The van der Waals surface area contributed by atoms with Gasteiger partial charge in [-0.05, 0) is 12.8 Å². The van der Waals surface area contributed by atoms with Crippen molar-refractivity contribution in [2.75, 3.05) is 6.61 Å². The van der Waals surface area contributed by atoms with Crippen molar-refractivity contribution < 1.29 is 28.2 Å². The maximum atomic E-state index is 12.1. The first-order valence-electron chi connectivity index (χ1n) is 7.66. The normalized spacial score (nSPS) is 15.0. The number of amides is 1. The number of halogens is 3. The van der Waals surface area contributed by atoms with Crippen LogP contribution in [0.1, 0.15) is 51.9 Å². The first kappa shape index (κ1) is 20.9. The lowest BCUT2D eigenvalue weighted by Crippen LogP contribution is -2.49. The van der Waals surface area contributed by atoms with Crippen LogP contribution in [-0.4, -0.2) is 41.0 Å². The Hall–Kier alpha value is -1.08. The summed E-state index contributed by atoms with van der Waals surface area (Å²) in [6, 6.07) is -1.37. The second-order valence-corrected chi connectivity index (χ2v) is 5.24. The molecule has 0 aromatic heterocycles. The molecule has 0 aliphatic rings. The number of hydrogen-bond donors (Lipinski definition) is 3. The summed E-state index contributed by atoms with van der Waals surface area (Å²) in [6.07, 6.45) is 4.02. The van der Waals surface area contributed by atoms with E-state index in [-0.39, 0.29) is 0 Å². The maximum Gasteiger partial charge on any atom is 0.471 e. The first-order chi connectivity index (χ1) is 10.3. The lowest BCUT2D eigenvalue weighted by atomic mass is 10.1. The topological polar surface area (TPSA) is 69.6 Å². The lowest BCUT2D eigenvalue weighted by molar-refractivity contribution is -0.175. The van der Waals surface area contributed by atoms with Gasteiger partial charge in [0.05, 0.1) is 18.8 Å². The van der Waals surface area contributed by atoms with Gasteiger partial charge in [-0.1, -0.05) is 51.2 Å².